The third kappa shape index (κ3) is 1.59. The van der Waals surface area contributed by atoms with Crippen LogP contribution in [0.4, 0.5) is 0 Å². The van der Waals surface area contributed by atoms with E-state index in [0.29, 0.717) is 5.82 Å². The summed E-state index contributed by atoms with van der Waals surface area (Å²) in [6, 6.07) is 8.10. The van der Waals surface area contributed by atoms with Crippen LogP contribution in [-0.2, 0) is 0 Å². The van der Waals surface area contributed by atoms with Gasteiger partial charge in [0.2, 0.25) is 0 Å². The Labute approximate surface area is 76.8 Å². The second-order valence-corrected chi connectivity index (χ2v) is 3.05. The molecule has 0 aliphatic heterocycles. The second kappa shape index (κ2) is 3.01. The zero-order valence-electron chi connectivity index (χ0n) is 7.65. The number of rotatable bonds is 1. The van der Waals surface area contributed by atoms with Crippen LogP contribution in [0.25, 0.3) is 11.4 Å². The molecule has 1 heterocycles. The van der Waals surface area contributed by atoms with E-state index < -0.39 is 0 Å². The summed E-state index contributed by atoms with van der Waals surface area (Å²) in [6.45, 7) is 3.89. The maximum atomic E-state index is 4.19. The highest BCUT2D eigenvalue weighted by Crippen LogP contribution is 2.13. The minimum absolute atomic E-state index is 0.706. The first kappa shape index (κ1) is 7.98. The summed E-state index contributed by atoms with van der Waals surface area (Å²) >= 11 is 0. The van der Waals surface area contributed by atoms with Gasteiger partial charge in [-0.1, -0.05) is 29.8 Å². The summed E-state index contributed by atoms with van der Waals surface area (Å²) in [7, 11) is 0. The lowest BCUT2D eigenvalue weighted by Crippen LogP contribution is -1.83. The lowest BCUT2D eigenvalue weighted by molar-refractivity contribution is 1.04. The van der Waals surface area contributed by atoms with E-state index in [1.54, 1.807) is 0 Å². The van der Waals surface area contributed by atoms with Crippen LogP contribution in [0.5, 0.6) is 0 Å². The maximum absolute atomic E-state index is 4.19. The molecule has 66 valence electrons. The normalized spacial score (nSPS) is 10.3. The number of benzene rings is 1. The molecule has 0 saturated heterocycles. The summed E-state index contributed by atoms with van der Waals surface area (Å²) in [4.78, 5) is 4.19. The quantitative estimate of drug-likeness (QED) is 0.657. The van der Waals surface area contributed by atoms with E-state index in [4.69, 9.17) is 0 Å². The van der Waals surface area contributed by atoms with Crippen LogP contribution in [0.15, 0.2) is 24.3 Å². The Balaban J connectivity index is 2.41. The monoisotopic (exact) mass is 172 g/mol. The minimum Gasteiger partial charge on any atom is -0.362 e. The molecule has 13 heavy (non-hydrogen) atoms. The Kier molecular flexibility index (Phi) is 1.85. The van der Waals surface area contributed by atoms with Crippen molar-refractivity contribution in [1.82, 2.24) is 15.2 Å². The van der Waals surface area contributed by atoms with Gasteiger partial charge in [0.25, 0.3) is 0 Å². The van der Waals surface area contributed by atoms with Gasteiger partial charge in [0, 0.05) is 5.82 Å². The fraction of sp³-hybridized carbons (Fsp3) is 0.200. The molecule has 0 N–H and O–H groups in total. The highest BCUT2D eigenvalue weighted by atomic mass is 15.2. The molecule has 0 radical (unpaired) electrons. The fourth-order valence-electron chi connectivity index (χ4n) is 1.14. The van der Waals surface area contributed by atoms with Gasteiger partial charge in [-0.15, -0.1) is 0 Å². The van der Waals surface area contributed by atoms with Crippen LogP contribution in [-0.4, -0.2) is 10.2 Å². The molecule has 0 atom stereocenters. The first-order valence-corrected chi connectivity index (χ1v) is 4.17. The van der Waals surface area contributed by atoms with Gasteiger partial charge in [0.05, 0.1) is 0 Å². The molecule has 0 bridgehead atoms. The van der Waals surface area contributed by atoms with Crippen molar-refractivity contribution in [3.63, 3.8) is 0 Å². The molecular formula is C10H10N3-. The molecule has 0 saturated carbocycles. The second-order valence-electron chi connectivity index (χ2n) is 3.05. The van der Waals surface area contributed by atoms with Crippen LogP contribution in [0, 0.1) is 13.8 Å². The van der Waals surface area contributed by atoms with Gasteiger partial charge in [0.1, 0.15) is 0 Å². The Morgan fingerprint density at radius 1 is 1.00 bits per heavy atom. The standard InChI is InChI=1S/C10H10N3/c1-7-3-5-9(6-4-7)10-11-8(2)12-13-10/h3-6H,1-2H3/q-1. The van der Waals surface area contributed by atoms with E-state index in [2.05, 4.69) is 22.1 Å². The van der Waals surface area contributed by atoms with Crippen molar-refractivity contribution >= 4 is 0 Å². The molecule has 2 aromatic rings. The zero-order chi connectivity index (χ0) is 9.26. The average Bonchev–Trinajstić information content (AvgIpc) is 2.53. The Morgan fingerprint density at radius 2 is 1.69 bits per heavy atom. The summed E-state index contributed by atoms with van der Waals surface area (Å²) in [5.74, 6) is 1.42. The van der Waals surface area contributed by atoms with Gasteiger partial charge in [-0.3, -0.25) is 0 Å². The largest absolute Gasteiger partial charge is 0.362 e. The number of aromatic nitrogens is 3. The number of aryl methyl sites for hydroxylation is 2. The molecule has 1 aromatic heterocycles. The van der Waals surface area contributed by atoms with Gasteiger partial charge in [-0.25, -0.2) is 0 Å². The first-order chi connectivity index (χ1) is 6.25. The predicted molar refractivity (Wildman–Crippen MR) is 50.3 cm³/mol. The fourth-order valence-corrected chi connectivity index (χ4v) is 1.14. The van der Waals surface area contributed by atoms with Crippen molar-refractivity contribution in [1.29, 1.82) is 0 Å². The molecule has 1 aromatic carbocycles. The van der Waals surface area contributed by atoms with Gasteiger partial charge < -0.3 is 15.2 Å². The molecule has 0 spiro atoms. The Hall–Kier alpha value is -1.64. The van der Waals surface area contributed by atoms with Crippen molar-refractivity contribution in [2.75, 3.05) is 0 Å². The van der Waals surface area contributed by atoms with E-state index in [0.717, 1.165) is 11.4 Å². The molecule has 0 aliphatic rings. The minimum atomic E-state index is 0.706. The maximum Gasteiger partial charge on any atom is 0.0196 e. The Bertz CT molecular complexity index is 400. The van der Waals surface area contributed by atoms with Gasteiger partial charge in [-0.05, 0) is 25.2 Å². The summed E-state index contributed by atoms with van der Waals surface area (Å²) in [5, 5.41) is 7.81. The van der Waals surface area contributed by atoms with Crippen LogP contribution in [0.3, 0.4) is 0 Å². The lowest BCUT2D eigenvalue weighted by Gasteiger charge is -2.00. The molecule has 3 nitrogen and oxygen atoms in total. The van der Waals surface area contributed by atoms with Crippen LogP contribution >= 0.6 is 0 Å². The molecule has 0 aliphatic carbocycles. The third-order valence-electron chi connectivity index (χ3n) is 1.87. The molecule has 3 heteroatoms. The predicted octanol–water partition coefficient (Wildman–Crippen LogP) is 1.72. The van der Waals surface area contributed by atoms with Gasteiger partial charge >= 0.3 is 0 Å². The molecule has 0 unspecified atom stereocenters. The van der Waals surface area contributed by atoms with Crippen molar-refractivity contribution in [3.8, 4) is 11.4 Å². The van der Waals surface area contributed by atoms with Gasteiger partial charge in [-0.2, -0.15) is 0 Å². The summed E-state index contributed by atoms with van der Waals surface area (Å²) in [5.41, 5.74) is 2.26. The number of nitrogens with zero attached hydrogens (tertiary/aromatic N) is 3. The van der Waals surface area contributed by atoms with Crippen LogP contribution in [0.1, 0.15) is 11.4 Å². The van der Waals surface area contributed by atoms with Crippen molar-refractivity contribution < 1.29 is 0 Å². The number of hydrogen-bond donors (Lipinski definition) is 0. The smallest absolute Gasteiger partial charge is 0.0196 e. The van der Waals surface area contributed by atoms with Crippen molar-refractivity contribution in [3.05, 3.63) is 35.7 Å². The molecule has 0 fully saturated rings. The highest BCUT2D eigenvalue weighted by Gasteiger charge is 1.93. The number of hydrogen-bond acceptors (Lipinski definition) is 2. The van der Waals surface area contributed by atoms with E-state index in [-0.39, 0.29) is 0 Å². The molecular weight excluding hydrogens is 162 g/mol. The van der Waals surface area contributed by atoms with Gasteiger partial charge in [0.15, 0.2) is 0 Å². The zero-order valence-corrected chi connectivity index (χ0v) is 7.65. The third-order valence-corrected chi connectivity index (χ3v) is 1.87. The van der Waals surface area contributed by atoms with E-state index in [1.165, 1.54) is 5.56 Å². The highest BCUT2D eigenvalue weighted by molar-refractivity contribution is 5.54. The van der Waals surface area contributed by atoms with Crippen LogP contribution < -0.4 is 4.98 Å². The topological polar surface area (TPSA) is 39.9 Å². The van der Waals surface area contributed by atoms with E-state index in [9.17, 15) is 0 Å². The summed E-state index contributed by atoms with van der Waals surface area (Å²) < 4.78 is 0. The summed E-state index contributed by atoms with van der Waals surface area (Å²) in [6.07, 6.45) is 0. The Morgan fingerprint density at radius 3 is 2.23 bits per heavy atom. The lowest BCUT2D eigenvalue weighted by atomic mass is 10.1. The molecule has 2 rings (SSSR count). The first-order valence-electron chi connectivity index (χ1n) is 4.17. The molecule has 0 amide bonds. The van der Waals surface area contributed by atoms with E-state index >= 15 is 0 Å². The van der Waals surface area contributed by atoms with E-state index in [1.807, 2.05) is 31.2 Å². The van der Waals surface area contributed by atoms with Crippen LogP contribution in [0.2, 0.25) is 0 Å². The SMILES string of the molecule is Cc1ccc(-c2nnc(C)[n-]2)cc1. The van der Waals surface area contributed by atoms with Crippen molar-refractivity contribution in [2.45, 2.75) is 13.8 Å². The van der Waals surface area contributed by atoms with Crippen molar-refractivity contribution in [2.24, 2.45) is 0 Å². The average molecular weight is 172 g/mol.